The van der Waals surface area contributed by atoms with E-state index in [1.54, 1.807) is 10.7 Å². The third kappa shape index (κ3) is 2.83. The first-order valence-corrected chi connectivity index (χ1v) is 6.84. The van der Waals surface area contributed by atoms with Crippen molar-refractivity contribution >= 4 is 11.6 Å². The smallest absolute Gasteiger partial charge is 0.141 e. The van der Waals surface area contributed by atoms with Crippen LogP contribution in [0.25, 0.3) is 0 Å². The van der Waals surface area contributed by atoms with Crippen molar-refractivity contribution in [2.75, 3.05) is 0 Å². The highest BCUT2D eigenvalue weighted by atomic mass is 35.5. The molecule has 4 nitrogen and oxygen atoms in total. The van der Waals surface area contributed by atoms with E-state index in [9.17, 15) is 4.39 Å². The van der Waals surface area contributed by atoms with Gasteiger partial charge in [0, 0.05) is 13.5 Å². The number of nitrogens with two attached hydrogens (primary N) is 1. The van der Waals surface area contributed by atoms with Gasteiger partial charge in [-0.1, -0.05) is 18.5 Å². The minimum Gasteiger partial charge on any atom is -0.320 e. The molecule has 6 heteroatoms. The summed E-state index contributed by atoms with van der Waals surface area (Å²) < 4.78 is 14.7. The van der Waals surface area contributed by atoms with E-state index in [1.165, 1.54) is 12.3 Å². The maximum atomic E-state index is 12.9. The molecule has 0 saturated carbocycles. The molecular formula is C14H18ClFN4. The van der Waals surface area contributed by atoms with Crippen LogP contribution in [-0.4, -0.2) is 14.8 Å². The second-order valence-electron chi connectivity index (χ2n) is 5.14. The van der Waals surface area contributed by atoms with Crippen LogP contribution in [0.4, 0.5) is 4.39 Å². The van der Waals surface area contributed by atoms with E-state index in [-0.39, 0.29) is 5.82 Å². The monoisotopic (exact) mass is 296 g/mol. The lowest BCUT2D eigenvalue weighted by molar-refractivity contribution is 0.456. The Bertz CT molecular complexity index is 604. The van der Waals surface area contributed by atoms with Crippen molar-refractivity contribution in [3.05, 3.63) is 46.3 Å². The molecule has 0 amide bonds. The van der Waals surface area contributed by atoms with E-state index < -0.39 is 5.54 Å². The molecule has 0 aromatic carbocycles. The Labute approximate surface area is 122 Å². The Morgan fingerprint density at radius 3 is 2.65 bits per heavy atom. The van der Waals surface area contributed by atoms with Gasteiger partial charge in [0.05, 0.1) is 33.8 Å². The summed E-state index contributed by atoms with van der Waals surface area (Å²) in [5.74, 6) is -0.378. The van der Waals surface area contributed by atoms with E-state index in [1.807, 2.05) is 20.9 Å². The van der Waals surface area contributed by atoms with Crippen LogP contribution in [0.1, 0.15) is 30.9 Å². The first-order valence-electron chi connectivity index (χ1n) is 6.46. The number of rotatable bonds is 4. The molecule has 0 saturated heterocycles. The summed E-state index contributed by atoms with van der Waals surface area (Å²) in [5, 5.41) is 5.02. The highest BCUT2D eigenvalue weighted by molar-refractivity contribution is 6.31. The van der Waals surface area contributed by atoms with Gasteiger partial charge < -0.3 is 5.73 Å². The SMILES string of the molecule is CCc1nn(C)c(CC(C)(N)c2ccc(F)cn2)c1Cl. The summed E-state index contributed by atoms with van der Waals surface area (Å²) in [6.07, 6.45) is 2.42. The van der Waals surface area contributed by atoms with Crippen LogP contribution < -0.4 is 5.73 Å². The molecule has 2 N–H and O–H groups in total. The maximum Gasteiger partial charge on any atom is 0.141 e. The molecule has 0 radical (unpaired) electrons. The van der Waals surface area contributed by atoms with Crippen LogP contribution in [0.3, 0.4) is 0 Å². The first-order chi connectivity index (χ1) is 9.35. The topological polar surface area (TPSA) is 56.7 Å². The standard InChI is InChI=1S/C14H18ClFN4/c1-4-10-13(15)11(20(3)19-10)7-14(2,17)12-6-5-9(16)8-18-12/h5-6,8H,4,7,17H2,1-3H3. The van der Waals surface area contributed by atoms with Crippen LogP contribution in [0.2, 0.25) is 5.02 Å². The molecule has 2 rings (SSSR count). The minimum absolute atomic E-state index is 0.378. The highest BCUT2D eigenvalue weighted by Gasteiger charge is 2.27. The number of nitrogens with zero attached hydrogens (tertiary/aromatic N) is 3. The summed E-state index contributed by atoms with van der Waals surface area (Å²) in [6.45, 7) is 3.85. The molecule has 108 valence electrons. The van der Waals surface area contributed by atoms with Crippen molar-refractivity contribution in [2.24, 2.45) is 12.8 Å². The molecule has 0 spiro atoms. The van der Waals surface area contributed by atoms with Crippen molar-refractivity contribution in [3.63, 3.8) is 0 Å². The lowest BCUT2D eigenvalue weighted by Gasteiger charge is -2.24. The molecule has 0 aliphatic rings. The average molecular weight is 297 g/mol. The quantitative estimate of drug-likeness (QED) is 0.943. The largest absolute Gasteiger partial charge is 0.320 e. The number of aryl methyl sites for hydroxylation is 2. The fourth-order valence-electron chi connectivity index (χ4n) is 2.16. The number of halogens is 2. The highest BCUT2D eigenvalue weighted by Crippen LogP contribution is 2.27. The lowest BCUT2D eigenvalue weighted by Crippen LogP contribution is -2.37. The van der Waals surface area contributed by atoms with Gasteiger partial charge >= 0.3 is 0 Å². The molecule has 20 heavy (non-hydrogen) atoms. The van der Waals surface area contributed by atoms with Gasteiger partial charge in [-0.3, -0.25) is 9.67 Å². The lowest BCUT2D eigenvalue weighted by atomic mass is 9.92. The van der Waals surface area contributed by atoms with Crippen molar-refractivity contribution in [1.82, 2.24) is 14.8 Å². The summed E-state index contributed by atoms with van der Waals surface area (Å²) in [6, 6.07) is 2.95. The van der Waals surface area contributed by atoms with Crippen LogP contribution >= 0.6 is 11.6 Å². The summed E-state index contributed by atoms with van der Waals surface area (Å²) >= 11 is 6.33. The van der Waals surface area contributed by atoms with Gasteiger partial charge in [0.1, 0.15) is 5.82 Å². The fraction of sp³-hybridized carbons (Fsp3) is 0.429. The zero-order valence-corrected chi connectivity index (χ0v) is 12.6. The Balaban J connectivity index is 2.32. The molecule has 1 atom stereocenters. The number of aromatic nitrogens is 3. The van der Waals surface area contributed by atoms with Gasteiger partial charge in [-0.2, -0.15) is 5.10 Å². The van der Waals surface area contributed by atoms with Crippen LogP contribution in [0.15, 0.2) is 18.3 Å². The molecule has 0 aliphatic heterocycles. The summed E-state index contributed by atoms with van der Waals surface area (Å²) in [7, 11) is 1.84. The Morgan fingerprint density at radius 2 is 2.15 bits per heavy atom. The Morgan fingerprint density at radius 1 is 1.45 bits per heavy atom. The normalized spacial score (nSPS) is 14.3. The predicted molar refractivity (Wildman–Crippen MR) is 77.0 cm³/mol. The zero-order chi connectivity index (χ0) is 14.9. The second kappa shape index (κ2) is 5.50. The molecule has 2 aromatic rings. The van der Waals surface area contributed by atoms with Gasteiger partial charge in [-0.25, -0.2) is 4.39 Å². The maximum absolute atomic E-state index is 12.9. The van der Waals surface area contributed by atoms with E-state index in [0.29, 0.717) is 17.1 Å². The van der Waals surface area contributed by atoms with Gasteiger partial charge in [-0.05, 0) is 25.5 Å². The van der Waals surface area contributed by atoms with Crippen molar-refractivity contribution in [1.29, 1.82) is 0 Å². The number of pyridine rings is 1. The summed E-state index contributed by atoms with van der Waals surface area (Å²) in [4.78, 5) is 4.06. The van der Waals surface area contributed by atoms with Crippen LogP contribution in [-0.2, 0) is 25.4 Å². The van der Waals surface area contributed by atoms with Crippen LogP contribution in [0, 0.1) is 5.82 Å². The molecule has 2 aromatic heterocycles. The Kier molecular flexibility index (Phi) is 4.11. The third-order valence-electron chi connectivity index (χ3n) is 3.35. The van der Waals surface area contributed by atoms with E-state index >= 15 is 0 Å². The summed E-state index contributed by atoms with van der Waals surface area (Å²) in [5.41, 5.74) is 7.92. The van der Waals surface area contributed by atoms with Crippen molar-refractivity contribution < 1.29 is 4.39 Å². The molecule has 0 fully saturated rings. The molecule has 0 bridgehead atoms. The average Bonchev–Trinajstić information content (AvgIpc) is 2.66. The van der Waals surface area contributed by atoms with Gasteiger partial charge in [0.25, 0.3) is 0 Å². The zero-order valence-electron chi connectivity index (χ0n) is 11.8. The second-order valence-corrected chi connectivity index (χ2v) is 5.52. The predicted octanol–water partition coefficient (Wildman–Crippen LogP) is 2.59. The van der Waals surface area contributed by atoms with Crippen molar-refractivity contribution in [3.8, 4) is 0 Å². The van der Waals surface area contributed by atoms with Gasteiger partial charge in [0.2, 0.25) is 0 Å². The van der Waals surface area contributed by atoms with E-state index in [2.05, 4.69) is 10.1 Å². The van der Waals surface area contributed by atoms with Gasteiger partial charge in [0.15, 0.2) is 0 Å². The molecule has 2 heterocycles. The number of hydrogen-bond donors (Lipinski definition) is 1. The molecule has 1 unspecified atom stereocenters. The minimum atomic E-state index is -0.740. The Hall–Kier alpha value is -1.46. The fourth-order valence-corrected chi connectivity index (χ4v) is 2.52. The molecular weight excluding hydrogens is 279 g/mol. The number of hydrogen-bond acceptors (Lipinski definition) is 3. The third-order valence-corrected chi connectivity index (χ3v) is 3.79. The van der Waals surface area contributed by atoms with Crippen LogP contribution in [0.5, 0.6) is 0 Å². The first kappa shape index (κ1) is 14.9. The van der Waals surface area contributed by atoms with Gasteiger partial charge in [-0.15, -0.1) is 0 Å². The molecule has 0 aliphatic carbocycles. The van der Waals surface area contributed by atoms with Crippen molar-refractivity contribution in [2.45, 2.75) is 32.2 Å². The van der Waals surface area contributed by atoms with E-state index in [0.717, 1.165) is 17.8 Å². The van der Waals surface area contributed by atoms with E-state index in [4.69, 9.17) is 17.3 Å².